The fraction of sp³-hybridized carbons (Fsp3) is 0.727. The SMILES string of the molecule is COCC(C)n1nc(C)c(CCN)c1C. The smallest absolute Gasteiger partial charge is 0.0727 e. The van der Waals surface area contributed by atoms with E-state index in [1.54, 1.807) is 7.11 Å². The normalized spacial score (nSPS) is 13.1. The molecule has 1 aromatic heterocycles. The van der Waals surface area contributed by atoms with Gasteiger partial charge < -0.3 is 10.5 Å². The van der Waals surface area contributed by atoms with Gasteiger partial charge in [0.15, 0.2) is 0 Å². The van der Waals surface area contributed by atoms with Gasteiger partial charge in [0.1, 0.15) is 0 Å². The van der Waals surface area contributed by atoms with Gasteiger partial charge in [0.2, 0.25) is 0 Å². The minimum atomic E-state index is 0.278. The molecule has 4 nitrogen and oxygen atoms in total. The lowest BCUT2D eigenvalue weighted by molar-refractivity contribution is 0.156. The Balaban J connectivity index is 2.95. The topological polar surface area (TPSA) is 53.1 Å². The Bertz CT molecular complexity index is 320. The van der Waals surface area contributed by atoms with Crippen molar-refractivity contribution < 1.29 is 4.74 Å². The van der Waals surface area contributed by atoms with Crippen molar-refractivity contribution in [1.82, 2.24) is 9.78 Å². The lowest BCUT2D eigenvalue weighted by Gasteiger charge is -2.13. The predicted molar refractivity (Wildman–Crippen MR) is 61.0 cm³/mol. The van der Waals surface area contributed by atoms with Crippen molar-refractivity contribution in [2.24, 2.45) is 5.73 Å². The largest absolute Gasteiger partial charge is 0.382 e. The fourth-order valence-electron chi connectivity index (χ4n) is 1.94. The van der Waals surface area contributed by atoms with Crippen LogP contribution in [0.3, 0.4) is 0 Å². The van der Waals surface area contributed by atoms with Gasteiger partial charge in [0, 0.05) is 12.8 Å². The molecule has 1 heterocycles. The highest BCUT2D eigenvalue weighted by Crippen LogP contribution is 2.17. The number of hydrogen-bond acceptors (Lipinski definition) is 3. The minimum absolute atomic E-state index is 0.278. The Morgan fingerprint density at radius 1 is 1.47 bits per heavy atom. The molecule has 86 valence electrons. The van der Waals surface area contributed by atoms with Crippen molar-refractivity contribution in [3.63, 3.8) is 0 Å². The summed E-state index contributed by atoms with van der Waals surface area (Å²) in [6, 6.07) is 0.278. The molecule has 2 N–H and O–H groups in total. The van der Waals surface area contributed by atoms with E-state index in [1.807, 2.05) is 11.6 Å². The van der Waals surface area contributed by atoms with Crippen LogP contribution in [0.2, 0.25) is 0 Å². The van der Waals surface area contributed by atoms with Gasteiger partial charge in [-0.3, -0.25) is 4.68 Å². The van der Waals surface area contributed by atoms with Gasteiger partial charge in [0.05, 0.1) is 18.3 Å². The molecule has 0 aliphatic heterocycles. The molecule has 15 heavy (non-hydrogen) atoms. The molecule has 0 aromatic carbocycles. The van der Waals surface area contributed by atoms with Gasteiger partial charge in [0.25, 0.3) is 0 Å². The highest BCUT2D eigenvalue weighted by atomic mass is 16.5. The van der Waals surface area contributed by atoms with Crippen LogP contribution < -0.4 is 5.73 Å². The first kappa shape index (κ1) is 12.2. The molecular formula is C11H21N3O. The van der Waals surface area contributed by atoms with E-state index in [1.165, 1.54) is 11.3 Å². The van der Waals surface area contributed by atoms with Gasteiger partial charge in [-0.1, -0.05) is 0 Å². The maximum absolute atomic E-state index is 5.58. The Kier molecular flexibility index (Phi) is 4.29. The highest BCUT2D eigenvalue weighted by Gasteiger charge is 2.14. The van der Waals surface area contributed by atoms with E-state index >= 15 is 0 Å². The first-order chi connectivity index (χ1) is 7.11. The Labute approximate surface area is 91.4 Å². The molecule has 0 aliphatic carbocycles. The summed E-state index contributed by atoms with van der Waals surface area (Å²) in [5.74, 6) is 0. The molecule has 1 rings (SSSR count). The second-order valence-corrected chi connectivity index (χ2v) is 3.94. The zero-order valence-electron chi connectivity index (χ0n) is 10.1. The van der Waals surface area contributed by atoms with Gasteiger partial charge in [-0.2, -0.15) is 5.10 Å². The van der Waals surface area contributed by atoms with E-state index in [0.717, 1.165) is 12.1 Å². The zero-order valence-corrected chi connectivity index (χ0v) is 10.1. The van der Waals surface area contributed by atoms with E-state index in [2.05, 4.69) is 18.9 Å². The number of rotatable bonds is 5. The first-order valence-electron chi connectivity index (χ1n) is 5.35. The van der Waals surface area contributed by atoms with E-state index < -0.39 is 0 Å². The van der Waals surface area contributed by atoms with Crippen LogP contribution in [0.1, 0.15) is 29.9 Å². The van der Waals surface area contributed by atoms with Gasteiger partial charge in [-0.25, -0.2) is 0 Å². The van der Waals surface area contributed by atoms with Crippen molar-refractivity contribution in [2.75, 3.05) is 20.3 Å². The number of nitrogens with zero attached hydrogens (tertiary/aromatic N) is 2. The van der Waals surface area contributed by atoms with E-state index in [9.17, 15) is 0 Å². The monoisotopic (exact) mass is 211 g/mol. The van der Waals surface area contributed by atoms with Gasteiger partial charge in [-0.15, -0.1) is 0 Å². The Hall–Kier alpha value is -0.870. The number of aryl methyl sites for hydroxylation is 1. The number of hydrogen-bond donors (Lipinski definition) is 1. The quantitative estimate of drug-likeness (QED) is 0.796. The van der Waals surface area contributed by atoms with Gasteiger partial charge >= 0.3 is 0 Å². The molecule has 0 aliphatic rings. The molecule has 0 radical (unpaired) electrons. The van der Waals surface area contributed by atoms with Crippen molar-refractivity contribution in [2.45, 2.75) is 33.2 Å². The molecule has 1 aromatic rings. The molecule has 0 saturated carbocycles. The molecule has 1 atom stereocenters. The van der Waals surface area contributed by atoms with Crippen LogP contribution >= 0.6 is 0 Å². The Morgan fingerprint density at radius 3 is 2.67 bits per heavy atom. The number of ether oxygens (including phenoxy) is 1. The third-order valence-electron chi connectivity index (χ3n) is 2.69. The van der Waals surface area contributed by atoms with Crippen LogP contribution in [0.25, 0.3) is 0 Å². The molecular weight excluding hydrogens is 190 g/mol. The highest BCUT2D eigenvalue weighted by molar-refractivity contribution is 5.25. The summed E-state index contributed by atoms with van der Waals surface area (Å²) in [5.41, 5.74) is 9.15. The lowest BCUT2D eigenvalue weighted by atomic mass is 10.1. The fourth-order valence-corrected chi connectivity index (χ4v) is 1.94. The summed E-state index contributed by atoms with van der Waals surface area (Å²) in [6.07, 6.45) is 0.900. The third-order valence-corrected chi connectivity index (χ3v) is 2.69. The molecule has 0 spiro atoms. The summed E-state index contributed by atoms with van der Waals surface area (Å²) in [4.78, 5) is 0. The van der Waals surface area contributed by atoms with Crippen molar-refractivity contribution in [3.8, 4) is 0 Å². The average Bonchev–Trinajstić information content (AvgIpc) is 2.47. The molecule has 0 amide bonds. The minimum Gasteiger partial charge on any atom is -0.382 e. The maximum atomic E-state index is 5.58. The molecule has 1 unspecified atom stereocenters. The van der Waals surface area contributed by atoms with Crippen LogP contribution in [-0.4, -0.2) is 30.0 Å². The van der Waals surface area contributed by atoms with E-state index in [0.29, 0.717) is 13.2 Å². The summed E-state index contributed by atoms with van der Waals surface area (Å²) in [5, 5.41) is 4.53. The summed E-state index contributed by atoms with van der Waals surface area (Å²) in [6.45, 7) is 7.59. The van der Waals surface area contributed by atoms with Crippen molar-refractivity contribution in [3.05, 3.63) is 17.0 Å². The predicted octanol–water partition coefficient (Wildman–Crippen LogP) is 1.21. The first-order valence-corrected chi connectivity index (χ1v) is 5.35. The zero-order chi connectivity index (χ0) is 11.4. The average molecular weight is 211 g/mol. The van der Waals surface area contributed by atoms with Crippen LogP contribution in [0.5, 0.6) is 0 Å². The van der Waals surface area contributed by atoms with Crippen LogP contribution in [0.15, 0.2) is 0 Å². The summed E-state index contributed by atoms with van der Waals surface area (Å²) in [7, 11) is 1.71. The molecule has 0 bridgehead atoms. The number of nitrogens with two attached hydrogens (primary N) is 1. The standard InChI is InChI=1S/C11H21N3O/c1-8(7-15-4)14-10(3)11(5-6-12)9(2)13-14/h8H,5-7,12H2,1-4H3. The Morgan fingerprint density at radius 2 is 2.13 bits per heavy atom. The van der Waals surface area contributed by atoms with Crippen LogP contribution in [0, 0.1) is 13.8 Å². The van der Waals surface area contributed by atoms with Crippen molar-refractivity contribution in [1.29, 1.82) is 0 Å². The van der Waals surface area contributed by atoms with E-state index in [-0.39, 0.29) is 6.04 Å². The van der Waals surface area contributed by atoms with Crippen LogP contribution in [-0.2, 0) is 11.2 Å². The third kappa shape index (κ3) is 2.58. The lowest BCUT2D eigenvalue weighted by Crippen LogP contribution is -2.14. The number of methoxy groups -OCH3 is 1. The maximum Gasteiger partial charge on any atom is 0.0727 e. The van der Waals surface area contributed by atoms with E-state index in [4.69, 9.17) is 10.5 Å². The van der Waals surface area contributed by atoms with Crippen LogP contribution in [0.4, 0.5) is 0 Å². The second kappa shape index (κ2) is 5.28. The summed E-state index contributed by atoms with van der Waals surface area (Å²) >= 11 is 0. The summed E-state index contributed by atoms with van der Waals surface area (Å²) < 4.78 is 7.17. The molecule has 0 saturated heterocycles. The van der Waals surface area contributed by atoms with Gasteiger partial charge in [-0.05, 0) is 39.3 Å². The van der Waals surface area contributed by atoms with Crippen molar-refractivity contribution >= 4 is 0 Å². The number of aromatic nitrogens is 2. The molecule has 4 heteroatoms. The second-order valence-electron chi connectivity index (χ2n) is 3.94. The molecule has 0 fully saturated rings.